The molecule has 1 aliphatic heterocycles. The molecule has 5 heteroatoms. The average Bonchev–Trinajstić information content (AvgIpc) is 2.72. The van der Waals surface area contributed by atoms with Crippen molar-refractivity contribution in [2.24, 2.45) is 11.1 Å². The van der Waals surface area contributed by atoms with Gasteiger partial charge in [0, 0.05) is 30.1 Å². The summed E-state index contributed by atoms with van der Waals surface area (Å²) in [6.07, 6.45) is 3.00. The van der Waals surface area contributed by atoms with Crippen molar-refractivity contribution in [1.29, 1.82) is 0 Å². The maximum atomic E-state index is 12.7. The Labute approximate surface area is 153 Å². The van der Waals surface area contributed by atoms with Crippen LogP contribution in [0, 0.1) is 5.92 Å². The number of oxime groups is 1. The Morgan fingerprint density at radius 3 is 2.27 bits per heavy atom. The van der Waals surface area contributed by atoms with Gasteiger partial charge in [0.05, 0.1) is 6.21 Å². The Morgan fingerprint density at radius 1 is 1.00 bits per heavy atom. The number of benzene rings is 2. The Bertz CT molecular complexity index is 777. The molecule has 2 aromatic carbocycles. The highest BCUT2D eigenvalue weighted by molar-refractivity contribution is 5.98. The summed E-state index contributed by atoms with van der Waals surface area (Å²) < 4.78 is 0. The van der Waals surface area contributed by atoms with Gasteiger partial charge in [0.15, 0.2) is 5.78 Å². The standard InChI is InChI=1S/C21H22N2O3/c1-26-22-15-16-7-9-19(10-8-16)21(25)23-13-11-18(12-14-23)20(24)17-5-3-2-4-6-17/h2-10,15,18H,11-14H2,1H3/b22-15+. The van der Waals surface area contributed by atoms with Crippen LogP contribution in [-0.2, 0) is 4.84 Å². The van der Waals surface area contributed by atoms with Crippen LogP contribution in [0.4, 0.5) is 0 Å². The molecule has 1 fully saturated rings. The SMILES string of the molecule is CO/N=C/c1ccc(C(=O)N2CCC(C(=O)c3ccccc3)CC2)cc1. The van der Waals surface area contributed by atoms with Crippen LogP contribution < -0.4 is 0 Å². The highest BCUT2D eigenvalue weighted by Crippen LogP contribution is 2.23. The van der Waals surface area contributed by atoms with E-state index in [0.717, 1.165) is 11.1 Å². The summed E-state index contributed by atoms with van der Waals surface area (Å²) in [5, 5.41) is 3.70. The molecule has 0 aliphatic carbocycles. The van der Waals surface area contributed by atoms with Crippen LogP contribution in [-0.4, -0.2) is 43.0 Å². The van der Waals surface area contributed by atoms with E-state index in [4.69, 9.17) is 0 Å². The van der Waals surface area contributed by atoms with E-state index in [1.807, 2.05) is 47.4 Å². The molecule has 0 aromatic heterocycles. The third-order valence-electron chi connectivity index (χ3n) is 4.68. The number of nitrogens with zero attached hydrogens (tertiary/aromatic N) is 2. The maximum Gasteiger partial charge on any atom is 0.253 e. The van der Waals surface area contributed by atoms with Gasteiger partial charge in [0.2, 0.25) is 0 Å². The van der Waals surface area contributed by atoms with Crippen LogP contribution in [0.15, 0.2) is 59.8 Å². The first-order valence-electron chi connectivity index (χ1n) is 8.74. The molecule has 0 unspecified atom stereocenters. The zero-order chi connectivity index (χ0) is 18.4. The van der Waals surface area contributed by atoms with Crippen LogP contribution in [0.5, 0.6) is 0 Å². The number of amides is 1. The van der Waals surface area contributed by atoms with Gasteiger partial charge >= 0.3 is 0 Å². The highest BCUT2D eigenvalue weighted by atomic mass is 16.6. The molecule has 0 spiro atoms. The van der Waals surface area contributed by atoms with Gasteiger partial charge in [-0.25, -0.2) is 0 Å². The van der Waals surface area contributed by atoms with Crippen LogP contribution >= 0.6 is 0 Å². The number of hydrogen-bond acceptors (Lipinski definition) is 4. The quantitative estimate of drug-likeness (QED) is 0.472. The number of piperidine rings is 1. The minimum atomic E-state index is -0.00548. The van der Waals surface area contributed by atoms with E-state index < -0.39 is 0 Å². The molecule has 134 valence electrons. The van der Waals surface area contributed by atoms with Crippen molar-refractivity contribution >= 4 is 17.9 Å². The Hall–Kier alpha value is -2.95. The van der Waals surface area contributed by atoms with Crippen molar-refractivity contribution in [3.8, 4) is 0 Å². The molecule has 26 heavy (non-hydrogen) atoms. The topological polar surface area (TPSA) is 59.0 Å². The van der Waals surface area contributed by atoms with Crippen LogP contribution in [0.25, 0.3) is 0 Å². The lowest BCUT2D eigenvalue weighted by molar-refractivity contribution is 0.0650. The second kappa shape index (κ2) is 8.43. The molecule has 1 amide bonds. The van der Waals surface area contributed by atoms with Crippen molar-refractivity contribution in [1.82, 2.24) is 4.90 Å². The van der Waals surface area contributed by atoms with Gasteiger partial charge in [-0.15, -0.1) is 0 Å². The minimum absolute atomic E-state index is 0.00541. The van der Waals surface area contributed by atoms with Gasteiger partial charge in [0.1, 0.15) is 7.11 Å². The second-order valence-electron chi connectivity index (χ2n) is 6.34. The molecular formula is C21H22N2O3. The molecule has 1 heterocycles. The number of ketones is 1. The van der Waals surface area contributed by atoms with Gasteiger partial charge in [0.25, 0.3) is 5.91 Å². The molecule has 0 bridgehead atoms. The summed E-state index contributed by atoms with van der Waals surface area (Å²) in [5.74, 6) is 0.180. The van der Waals surface area contributed by atoms with Crippen LogP contribution in [0.2, 0.25) is 0 Å². The first-order chi connectivity index (χ1) is 12.7. The van der Waals surface area contributed by atoms with Crippen molar-refractivity contribution < 1.29 is 14.4 Å². The molecule has 0 N–H and O–H groups in total. The fourth-order valence-electron chi connectivity index (χ4n) is 3.19. The average molecular weight is 350 g/mol. The van der Waals surface area contributed by atoms with E-state index in [-0.39, 0.29) is 17.6 Å². The van der Waals surface area contributed by atoms with Crippen LogP contribution in [0.3, 0.4) is 0 Å². The van der Waals surface area contributed by atoms with Crippen molar-refractivity contribution in [2.75, 3.05) is 20.2 Å². The third kappa shape index (κ3) is 4.17. The lowest BCUT2D eigenvalue weighted by Gasteiger charge is -2.31. The number of rotatable bonds is 5. The maximum absolute atomic E-state index is 12.7. The van der Waals surface area contributed by atoms with Gasteiger partial charge in [-0.2, -0.15) is 0 Å². The molecule has 0 saturated carbocycles. The van der Waals surface area contributed by atoms with E-state index in [9.17, 15) is 9.59 Å². The third-order valence-corrected chi connectivity index (χ3v) is 4.68. The van der Waals surface area contributed by atoms with Crippen molar-refractivity contribution in [2.45, 2.75) is 12.8 Å². The van der Waals surface area contributed by atoms with Gasteiger partial charge in [-0.05, 0) is 30.5 Å². The number of carbonyl (C=O) groups excluding carboxylic acids is 2. The normalized spacial score (nSPS) is 15.2. The van der Waals surface area contributed by atoms with Gasteiger partial charge in [-0.1, -0.05) is 47.6 Å². The van der Waals surface area contributed by atoms with Gasteiger partial charge < -0.3 is 9.74 Å². The smallest absolute Gasteiger partial charge is 0.253 e. The monoisotopic (exact) mass is 350 g/mol. The molecule has 3 rings (SSSR count). The molecule has 1 aliphatic rings. The molecule has 5 nitrogen and oxygen atoms in total. The minimum Gasteiger partial charge on any atom is -0.399 e. The molecule has 0 atom stereocenters. The summed E-state index contributed by atoms with van der Waals surface area (Å²) in [6, 6.07) is 16.6. The molecule has 1 saturated heterocycles. The van der Waals surface area contributed by atoms with Crippen LogP contribution in [0.1, 0.15) is 39.1 Å². The largest absolute Gasteiger partial charge is 0.399 e. The Morgan fingerprint density at radius 2 is 1.65 bits per heavy atom. The zero-order valence-corrected chi connectivity index (χ0v) is 14.8. The Balaban J connectivity index is 1.58. The second-order valence-corrected chi connectivity index (χ2v) is 6.34. The number of Topliss-reactive ketones (excluding diaryl/α,β-unsaturated/α-hetero) is 1. The van der Waals surface area contributed by atoms with E-state index in [2.05, 4.69) is 9.99 Å². The summed E-state index contributed by atoms with van der Waals surface area (Å²) in [6.45, 7) is 1.21. The van der Waals surface area contributed by atoms with Crippen molar-refractivity contribution in [3.05, 3.63) is 71.3 Å². The number of carbonyl (C=O) groups is 2. The predicted octanol–water partition coefficient (Wildman–Crippen LogP) is 3.40. The van der Waals surface area contributed by atoms with Crippen molar-refractivity contribution in [3.63, 3.8) is 0 Å². The molecule has 2 aromatic rings. The van der Waals surface area contributed by atoms with E-state index >= 15 is 0 Å². The fourth-order valence-corrected chi connectivity index (χ4v) is 3.19. The summed E-state index contributed by atoms with van der Waals surface area (Å²) >= 11 is 0. The molecule has 0 radical (unpaired) electrons. The lowest BCUT2D eigenvalue weighted by Crippen LogP contribution is -2.40. The van der Waals surface area contributed by atoms with E-state index in [1.54, 1.807) is 18.3 Å². The highest BCUT2D eigenvalue weighted by Gasteiger charge is 2.28. The number of likely N-dealkylation sites (tertiary alicyclic amines) is 1. The number of hydrogen-bond donors (Lipinski definition) is 0. The summed E-state index contributed by atoms with van der Waals surface area (Å²) in [4.78, 5) is 31.7. The zero-order valence-electron chi connectivity index (χ0n) is 14.8. The first kappa shape index (κ1) is 17.9. The first-order valence-corrected chi connectivity index (χ1v) is 8.74. The summed E-state index contributed by atoms with van der Waals surface area (Å²) in [7, 11) is 1.49. The van der Waals surface area contributed by atoms with E-state index in [1.165, 1.54) is 7.11 Å². The molecular weight excluding hydrogens is 328 g/mol. The summed E-state index contributed by atoms with van der Waals surface area (Å²) in [5.41, 5.74) is 2.27. The Kier molecular flexibility index (Phi) is 5.79. The predicted molar refractivity (Wildman–Crippen MR) is 100 cm³/mol. The van der Waals surface area contributed by atoms with Gasteiger partial charge in [-0.3, -0.25) is 9.59 Å². The lowest BCUT2D eigenvalue weighted by atomic mass is 9.88. The van der Waals surface area contributed by atoms with E-state index in [0.29, 0.717) is 31.5 Å². The fraction of sp³-hybridized carbons (Fsp3) is 0.286.